The number of aromatic nitrogens is 4. The molecule has 18 heavy (non-hydrogen) atoms. The molecule has 0 saturated heterocycles. The topological polar surface area (TPSA) is 110 Å². The predicted molar refractivity (Wildman–Crippen MR) is 68.2 cm³/mol. The van der Waals surface area contributed by atoms with E-state index < -0.39 is 0 Å². The summed E-state index contributed by atoms with van der Waals surface area (Å²) in [6.07, 6.45) is 0. The van der Waals surface area contributed by atoms with Crippen molar-refractivity contribution in [1.29, 1.82) is 0 Å². The van der Waals surface area contributed by atoms with Crippen LogP contribution in [0.3, 0.4) is 0 Å². The van der Waals surface area contributed by atoms with E-state index in [-0.39, 0.29) is 17.4 Å². The summed E-state index contributed by atoms with van der Waals surface area (Å²) in [6, 6.07) is 0. The highest BCUT2D eigenvalue weighted by Gasteiger charge is 2.14. The van der Waals surface area contributed by atoms with E-state index in [9.17, 15) is 4.79 Å². The van der Waals surface area contributed by atoms with Crippen molar-refractivity contribution in [1.82, 2.24) is 25.7 Å². The zero-order valence-corrected chi connectivity index (χ0v) is 10.9. The van der Waals surface area contributed by atoms with Crippen LogP contribution in [0.15, 0.2) is 5.38 Å². The zero-order valence-electron chi connectivity index (χ0n) is 10.1. The molecule has 0 unspecified atom stereocenters. The van der Waals surface area contributed by atoms with Gasteiger partial charge in [-0.3, -0.25) is 4.79 Å². The molecule has 8 heteroatoms. The van der Waals surface area contributed by atoms with Crippen LogP contribution in [-0.4, -0.2) is 26.3 Å². The molecular formula is C10H14N6OS. The van der Waals surface area contributed by atoms with Crippen LogP contribution in [0.4, 0.5) is 5.82 Å². The molecule has 0 radical (unpaired) electrons. The average molecular weight is 266 g/mol. The molecule has 0 aromatic carbocycles. The first-order chi connectivity index (χ1) is 8.58. The van der Waals surface area contributed by atoms with Gasteiger partial charge in [0.2, 0.25) is 0 Å². The highest BCUT2D eigenvalue weighted by atomic mass is 32.1. The van der Waals surface area contributed by atoms with Gasteiger partial charge in [0.1, 0.15) is 5.01 Å². The van der Waals surface area contributed by atoms with Crippen molar-refractivity contribution in [2.75, 3.05) is 5.73 Å². The number of aromatic amines is 1. The largest absolute Gasteiger partial charge is 0.380 e. The average Bonchev–Trinajstić information content (AvgIpc) is 2.94. The van der Waals surface area contributed by atoms with Gasteiger partial charge in [-0.1, -0.05) is 13.8 Å². The number of nitrogens with one attached hydrogen (secondary N) is 2. The Morgan fingerprint density at radius 2 is 2.33 bits per heavy atom. The van der Waals surface area contributed by atoms with Crippen LogP contribution in [0.1, 0.15) is 41.0 Å². The number of carbonyl (C=O) groups excluding carboxylic acids is 1. The minimum absolute atomic E-state index is 0.0921. The number of thiazole rings is 1. The molecule has 96 valence electrons. The fourth-order valence-electron chi connectivity index (χ4n) is 1.32. The minimum atomic E-state index is -0.359. The molecule has 0 aliphatic rings. The molecule has 2 heterocycles. The van der Waals surface area contributed by atoms with Crippen molar-refractivity contribution >= 4 is 23.1 Å². The fourth-order valence-corrected chi connectivity index (χ4v) is 2.21. The van der Waals surface area contributed by atoms with Gasteiger partial charge in [-0.15, -0.1) is 21.5 Å². The van der Waals surface area contributed by atoms with Crippen molar-refractivity contribution < 1.29 is 4.79 Å². The molecule has 0 bridgehead atoms. The molecule has 4 N–H and O–H groups in total. The molecule has 0 atom stereocenters. The zero-order chi connectivity index (χ0) is 13.1. The van der Waals surface area contributed by atoms with Crippen molar-refractivity contribution in [2.24, 2.45) is 0 Å². The summed E-state index contributed by atoms with van der Waals surface area (Å²) >= 11 is 1.52. The number of rotatable bonds is 4. The maximum Gasteiger partial charge on any atom is 0.276 e. The summed E-state index contributed by atoms with van der Waals surface area (Å²) in [5.41, 5.74) is 6.62. The first-order valence-corrected chi connectivity index (χ1v) is 6.34. The van der Waals surface area contributed by atoms with Crippen LogP contribution < -0.4 is 11.1 Å². The Morgan fingerprint density at radius 3 is 2.89 bits per heavy atom. The molecule has 0 fully saturated rings. The molecule has 0 spiro atoms. The SMILES string of the molecule is CC(C)c1csc(CNC(=O)c2n[nH]nc2N)n1. The van der Waals surface area contributed by atoms with E-state index in [0.29, 0.717) is 12.5 Å². The Labute approximate surface area is 108 Å². The molecule has 2 aromatic heterocycles. The van der Waals surface area contributed by atoms with Gasteiger partial charge in [-0.2, -0.15) is 5.21 Å². The third-order valence-corrected chi connectivity index (χ3v) is 3.22. The van der Waals surface area contributed by atoms with Crippen LogP contribution in [0.2, 0.25) is 0 Å². The van der Waals surface area contributed by atoms with Crippen LogP contribution >= 0.6 is 11.3 Å². The number of nitrogens with zero attached hydrogens (tertiary/aromatic N) is 3. The van der Waals surface area contributed by atoms with E-state index in [4.69, 9.17) is 5.73 Å². The van der Waals surface area contributed by atoms with Crippen molar-refractivity contribution in [2.45, 2.75) is 26.3 Å². The third kappa shape index (κ3) is 2.65. The maximum atomic E-state index is 11.7. The van der Waals surface area contributed by atoms with Crippen molar-refractivity contribution in [3.05, 3.63) is 21.8 Å². The van der Waals surface area contributed by atoms with Crippen LogP contribution in [0.5, 0.6) is 0 Å². The van der Waals surface area contributed by atoms with Crippen molar-refractivity contribution in [3.8, 4) is 0 Å². The van der Waals surface area contributed by atoms with Gasteiger partial charge in [0.15, 0.2) is 11.5 Å². The van der Waals surface area contributed by atoms with Crippen LogP contribution in [-0.2, 0) is 6.54 Å². The number of anilines is 1. The fraction of sp³-hybridized carbons (Fsp3) is 0.400. The summed E-state index contributed by atoms with van der Waals surface area (Å²) in [6.45, 7) is 4.52. The lowest BCUT2D eigenvalue weighted by Gasteiger charge is -2.00. The molecular weight excluding hydrogens is 252 g/mol. The van der Waals surface area contributed by atoms with E-state index >= 15 is 0 Å². The summed E-state index contributed by atoms with van der Waals surface area (Å²) in [7, 11) is 0. The Balaban J connectivity index is 1.95. The van der Waals surface area contributed by atoms with Gasteiger partial charge in [0, 0.05) is 5.38 Å². The lowest BCUT2D eigenvalue weighted by Crippen LogP contribution is -2.24. The second-order valence-electron chi connectivity index (χ2n) is 4.06. The van der Waals surface area contributed by atoms with Gasteiger partial charge in [0.05, 0.1) is 12.2 Å². The number of hydrogen-bond donors (Lipinski definition) is 3. The van der Waals surface area contributed by atoms with E-state index in [1.165, 1.54) is 11.3 Å². The first-order valence-electron chi connectivity index (χ1n) is 5.46. The molecule has 1 amide bonds. The van der Waals surface area contributed by atoms with Crippen LogP contribution in [0.25, 0.3) is 0 Å². The van der Waals surface area contributed by atoms with E-state index in [1.807, 2.05) is 5.38 Å². The highest BCUT2D eigenvalue weighted by Crippen LogP contribution is 2.17. The quantitative estimate of drug-likeness (QED) is 0.761. The third-order valence-electron chi connectivity index (χ3n) is 2.35. The summed E-state index contributed by atoms with van der Waals surface area (Å²) in [4.78, 5) is 16.1. The number of H-pyrrole nitrogens is 1. The Bertz CT molecular complexity index is 546. The number of nitrogen functional groups attached to an aromatic ring is 1. The number of carbonyl (C=O) groups is 1. The molecule has 7 nitrogen and oxygen atoms in total. The monoisotopic (exact) mass is 266 g/mol. The Morgan fingerprint density at radius 1 is 1.56 bits per heavy atom. The number of amides is 1. The van der Waals surface area contributed by atoms with E-state index in [0.717, 1.165) is 10.7 Å². The molecule has 0 aliphatic heterocycles. The van der Waals surface area contributed by atoms with Crippen molar-refractivity contribution in [3.63, 3.8) is 0 Å². The van der Waals surface area contributed by atoms with E-state index in [2.05, 4.69) is 39.6 Å². The Kier molecular flexibility index (Phi) is 3.56. The second kappa shape index (κ2) is 5.13. The van der Waals surface area contributed by atoms with Gasteiger partial charge >= 0.3 is 0 Å². The first kappa shape index (κ1) is 12.5. The number of nitrogens with two attached hydrogens (primary N) is 1. The second-order valence-corrected chi connectivity index (χ2v) is 5.00. The minimum Gasteiger partial charge on any atom is -0.380 e. The van der Waals surface area contributed by atoms with E-state index in [1.54, 1.807) is 0 Å². The number of hydrogen-bond acceptors (Lipinski definition) is 6. The predicted octanol–water partition coefficient (Wildman–Crippen LogP) is 0.897. The smallest absolute Gasteiger partial charge is 0.276 e. The lowest BCUT2D eigenvalue weighted by atomic mass is 10.2. The van der Waals surface area contributed by atoms with Gasteiger partial charge < -0.3 is 11.1 Å². The lowest BCUT2D eigenvalue weighted by molar-refractivity contribution is 0.0946. The summed E-state index contributed by atoms with van der Waals surface area (Å²) in [5, 5.41) is 15.1. The standard InChI is InChI=1S/C10H14N6OS/c1-5(2)6-4-18-7(13-6)3-12-10(17)8-9(11)15-16-14-8/h4-5H,3H2,1-2H3,(H,12,17)(H3,11,14,15,16). The molecule has 2 rings (SSSR count). The Hall–Kier alpha value is -1.96. The van der Waals surface area contributed by atoms with Crippen LogP contribution in [0, 0.1) is 0 Å². The summed E-state index contributed by atoms with van der Waals surface area (Å²) < 4.78 is 0. The molecule has 0 aliphatic carbocycles. The van der Waals surface area contributed by atoms with Gasteiger partial charge in [0.25, 0.3) is 5.91 Å². The van der Waals surface area contributed by atoms with Gasteiger partial charge in [-0.05, 0) is 5.92 Å². The highest BCUT2D eigenvalue weighted by molar-refractivity contribution is 7.09. The normalized spacial score (nSPS) is 10.8. The maximum absolute atomic E-state index is 11.7. The summed E-state index contributed by atoms with van der Waals surface area (Å²) in [5.74, 6) is 0.119. The molecule has 0 saturated carbocycles. The molecule has 2 aromatic rings. The van der Waals surface area contributed by atoms with Gasteiger partial charge in [-0.25, -0.2) is 4.98 Å².